The molecule has 96 valence electrons. The van der Waals surface area contributed by atoms with Gasteiger partial charge in [-0.25, -0.2) is 0 Å². The van der Waals surface area contributed by atoms with Crippen LogP contribution >= 0.6 is 0 Å². The lowest BCUT2D eigenvalue weighted by Crippen LogP contribution is -2.13. The van der Waals surface area contributed by atoms with Gasteiger partial charge in [0, 0.05) is 13.7 Å². The summed E-state index contributed by atoms with van der Waals surface area (Å²) in [6, 6.07) is 3.82. The van der Waals surface area contributed by atoms with E-state index in [1.807, 2.05) is 12.1 Å². The number of hydrogen-bond acceptors (Lipinski definition) is 4. The maximum atomic E-state index is 6.09. The summed E-state index contributed by atoms with van der Waals surface area (Å²) in [5.41, 5.74) is 6.09. The maximum absolute atomic E-state index is 6.09. The molecule has 1 aliphatic rings. The van der Waals surface area contributed by atoms with Crippen molar-refractivity contribution < 1.29 is 13.9 Å². The molecule has 17 heavy (non-hydrogen) atoms. The third-order valence-electron chi connectivity index (χ3n) is 3.16. The van der Waals surface area contributed by atoms with Crippen LogP contribution < -0.4 is 5.73 Å². The van der Waals surface area contributed by atoms with Gasteiger partial charge in [0.15, 0.2) is 0 Å². The molecule has 1 saturated heterocycles. The molecular weight excluding hydrogens is 218 g/mol. The normalized spacial score (nSPS) is 21.9. The second kappa shape index (κ2) is 6.19. The van der Waals surface area contributed by atoms with Gasteiger partial charge in [0.05, 0.1) is 12.1 Å². The molecule has 0 aromatic carbocycles. The highest BCUT2D eigenvalue weighted by Gasteiger charge is 2.18. The van der Waals surface area contributed by atoms with Gasteiger partial charge in [0.25, 0.3) is 0 Å². The molecule has 1 aromatic heterocycles. The van der Waals surface area contributed by atoms with E-state index in [-0.39, 0.29) is 6.04 Å². The number of furan rings is 1. The van der Waals surface area contributed by atoms with Gasteiger partial charge in [0.1, 0.15) is 18.1 Å². The van der Waals surface area contributed by atoms with Crippen LogP contribution in [0.4, 0.5) is 0 Å². The van der Waals surface area contributed by atoms with E-state index in [9.17, 15) is 0 Å². The lowest BCUT2D eigenvalue weighted by Gasteiger charge is -2.12. The van der Waals surface area contributed by atoms with Crippen LogP contribution in [0.1, 0.15) is 43.2 Å². The van der Waals surface area contributed by atoms with Crippen molar-refractivity contribution >= 4 is 0 Å². The van der Waals surface area contributed by atoms with Gasteiger partial charge >= 0.3 is 0 Å². The van der Waals surface area contributed by atoms with E-state index in [1.54, 1.807) is 7.11 Å². The summed E-state index contributed by atoms with van der Waals surface area (Å²) in [4.78, 5) is 0. The van der Waals surface area contributed by atoms with Crippen LogP contribution in [0.2, 0.25) is 0 Å². The van der Waals surface area contributed by atoms with Crippen LogP contribution in [-0.4, -0.2) is 19.8 Å². The third kappa shape index (κ3) is 3.56. The first-order valence-electron chi connectivity index (χ1n) is 6.24. The van der Waals surface area contributed by atoms with Crippen LogP contribution in [0.25, 0.3) is 0 Å². The van der Waals surface area contributed by atoms with Gasteiger partial charge in [-0.1, -0.05) is 0 Å². The fourth-order valence-electron chi connectivity index (χ4n) is 2.19. The van der Waals surface area contributed by atoms with Crippen LogP contribution in [0.15, 0.2) is 16.5 Å². The Morgan fingerprint density at radius 3 is 3.12 bits per heavy atom. The fraction of sp³-hybridized carbons (Fsp3) is 0.692. The number of hydrogen-bond donors (Lipinski definition) is 1. The molecule has 0 bridgehead atoms. The zero-order valence-corrected chi connectivity index (χ0v) is 10.4. The first kappa shape index (κ1) is 12.6. The van der Waals surface area contributed by atoms with Crippen molar-refractivity contribution in [3.05, 3.63) is 23.7 Å². The number of nitrogens with two attached hydrogens (primary N) is 1. The SMILES string of the molecule is COCc1ccc(C(N)CCC2CCCO2)o1. The number of ether oxygens (including phenoxy) is 2. The molecule has 2 rings (SSSR count). The van der Waals surface area contributed by atoms with Gasteiger partial charge in [0.2, 0.25) is 0 Å². The van der Waals surface area contributed by atoms with Gasteiger partial charge in [-0.2, -0.15) is 0 Å². The molecule has 0 aliphatic carbocycles. The minimum Gasteiger partial charge on any atom is -0.462 e. The van der Waals surface area contributed by atoms with Crippen LogP contribution in [0.3, 0.4) is 0 Å². The van der Waals surface area contributed by atoms with E-state index in [4.69, 9.17) is 19.6 Å². The van der Waals surface area contributed by atoms with E-state index >= 15 is 0 Å². The first-order chi connectivity index (χ1) is 8.29. The topological polar surface area (TPSA) is 57.6 Å². The quantitative estimate of drug-likeness (QED) is 0.828. The summed E-state index contributed by atoms with van der Waals surface area (Å²) in [7, 11) is 1.65. The third-order valence-corrected chi connectivity index (χ3v) is 3.16. The Balaban J connectivity index is 1.79. The predicted molar refractivity (Wildman–Crippen MR) is 64.6 cm³/mol. The van der Waals surface area contributed by atoms with E-state index in [0.29, 0.717) is 12.7 Å². The molecule has 1 aliphatic heterocycles. The average Bonchev–Trinajstić information content (AvgIpc) is 2.97. The van der Waals surface area contributed by atoms with E-state index in [0.717, 1.165) is 31.0 Å². The Hall–Kier alpha value is -0.840. The molecule has 2 N–H and O–H groups in total. The minimum absolute atomic E-state index is 0.0372. The molecular formula is C13H21NO3. The van der Waals surface area contributed by atoms with Crippen LogP contribution in [0.5, 0.6) is 0 Å². The van der Waals surface area contributed by atoms with E-state index in [2.05, 4.69) is 0 Å². The molecule has 4 nitrogen and oxygen atoms in total. The Bertz CT molecular complexity index is 331. The Labute approximate surface area is 102 Å². The Morgan fingerprint density at radius 1 is 1.53 bits per heavy atom. The summed E-state index contributed by atoms with van der Waals surface area (Å²) in [6.07, 6.45) is 4.67. The fourth-order valence-corrected chi connectivity index (χ4v) is 2.19. The lowest BCUT2D eigenvalue weighted by atomic mass is 10.1. The van der Waals surface area contributed by atoms with Crippen molar-refractivity contribution in [3.8, 4) is 0 Å². The Kier molecular flexibility index (Phi) is 4.59. The predicted octanol–water partition coefficient (Wildman–Crippen LogP) is 2.39. The van der Waals surface area contributed by atoms with Crippen molar-refractivity contribution in [1.29, 1.82) is 0 Å². The number of rotatable bonds is 6. The van der Waals surface area contributed by atoms with E-state index in [1.165, 1.54) is 12.8 Å². The summed E-state index contributed by atoms with van der Waals surface area (Å²) in [6.45, 7) is 1.40. The highest BCUT2D eigenvalue weighted by atomic mass is 16.5. The summed E-state index contributed by atoms with van der Waals surface area (Å²) < 4.78 is 16.2. The van der Waals surface area contributed by atoms with Gasteiger partial charge in [-0.15, -0.1) is 0 Å². The molecule has 4 heteroatoms. The molecule has 0 amide bonds. The smallest absolute Gasteiger partial charge is 0.129 e. The average molecular weight is 239 g/mol. The van der Waals surface area contributed by atoms with Crippen molar-refractivity contribution in [3.63, 3.8) is 0 Å². The molecule has 2 unspecified atom stereocenters. The Morgan fingerprint density at radius 2 is 2.41 bits per heavy atom. The molecule has 0 radical (unpaired) electrons. The second-order valence-corrected chi connectivity index (χ2v) is 4.56. The molecule has 1 fully saturated rings. The van der Waals surface area contributed by atoms with Gasteiger partial charge in [-0.05, 0) is 37.8 Å². The zero-order chi connectivity index (χ0) is 12.1. The highest BCUT2D eigenvalue weighted by molar-refractivity contribution is 5.09. The lowest BCUT2D eigenvalue weighted by molar-refractivity contribution is 0.0999. The maximum Gasteiger partial charge on any atom is 0.129 e. The molecule has 2 atom stereocenters. The standard InChI is InChI=1S/C13H21NO3/c1-15-9-11-5-7-13(17-11)12(14)6-4-10-3-2-8-16-10/h5,7,10,12H,2-4,6,8-9,14H2,1H3. The highest BCUT2D eigenvalue weighted by Crippen LogP contribution is 2.23. The minimum atomic E-state index is -0.0372. The van der Waals surface area contributed by atoms with Crippen molar-refractivity contribution in [2.24, 2.45) is 5.73 Å². The molecule has 0 spiro atoms. The second-order valence-electron chi connectivity index (χ2n) is 4.56. The van der Waals surface area contributed by atoms with Gasteiger partial charge < -0.3 is 19.6 Å². The molecule has 1 aromatic rings. The number of methoxy groups -OCH3 is 1. The van der Waals surface area contributed by atoms with Crippen LogP contribution in [-0.2, 0) is 16.1 Å². The summed E-state index contributed by atoms with van der Waals surface area (Å²) in [5, 5.41) is 0. The molecule has 2 heterocycles. The van der Waals surface area contributed by atoms with Crippen LogP contribution in [0, 0.1) is 0 Å². The van der Waals surface area contributed by atoms with Gasteiger partial charge in [-0.3, -0.25) is 0 Å². The van der Waals surface area contributed by atoms with Crippen molar-refractivity contribution in [1.82, 2.24) is 0 Å². The first-order valence-corrected chi connectivity index (χ1v) is 6.24. The van der Waals surface area contributed by atoms with E-state index < -0.39 is 0 Å². The summed E-state index contributed by atoms with van der Waals surface area (Å²) >= 11 is 0. The zero-order valence-electron chi connectivity index (χ0n) is 10.4. The van der Waals surface area contributed by atoms with Crippen molar-refractivity contribution in [2.45, 2.75) is 44.4 Å². The largest absolute Gasteiger partial charge is 0.462 e. The monoisotopic (exact) mass is 239 g/mol. The molecule has 0 saturated carbocycles. The summed E-state index contributed by atoms with van der Waals surface area (Å²) in [5.74, 6) is 1.67. The van der Waals surface area contributed by atoms with Crippen molar-refractivity contribution in [2.75, 3.05) is 13.7 Å².